The first-order valence-corrected chi connectivity index (χ1v) is 7.26. The molecule has 0 saturated carbocycles. The second-order valence-electron chi connectivity index (χ2n) is 3.78. The van der Waals surface area contributed by atoms with Crippen LogP contribution in [-0.2, 0) is 14.3 Å². The molecule has 8 nitrogen and oxygen atoms in total. The molecule has 0 heterocycles. The van der Waals surface area contributed by atoms with E-state index in [0.717, 1.165) is 11.8 Å². The molecule has 22 heavy (non-hydrogen) atoms. The van der Waals surface area contributed by atoms with Gasteiger partial charge in [0.05, 0.1) is 18.0 Å². The normalized spacial score (nSPS) is 10.5. The molecule has 0 bridgehead atoms. The van der Waals surface area contributed by atoms with Gasteiger partial charge in [-0.3, -0.25) is 4.79 Å². The van der Waals surface area contributed by atoms with Crippen LogP contribution in [0.4, 0.5) is 5.69 Å². The van der Waals surface area contributed by atoms with Gasteiger partial charge in [-0.05, 0) is 19.1 Å². The lowest BCUT2D eigenvalue weighted by Gasteiger charge is -2.03. The minimum Gasteiger partial charge on any atom is -0.457 e. The molecular formula is C13H15N5O3S. The molecule has 116 valence electrons. The van der Waals surface area contributed by atoms with Crippen molar-refractivity contribution < 1.29 is 19.1 Å². The van der Waals surface area contributed by atoms with Crippen LogP contribution >= 0.6 is 11.8 Å². The largest absolute Gasteiger partial charge is 0.457 e. The summed E-state index contributed by atoms with van der Waals surface area (Å²) in [6.07, 6.45) is 0. The Morgan fingerprint density at radius 1 is 1.41 bits per heavy atom. The zero-order chi connectivity index (χ0) is 16.4. The van der Waals surface area contributed by atoms with Gasteiger partial charge < -0.3 is 15.7 Å². The molecule has 1 aromatic rings. The molecule has 0 spiro atoms. The summed E-state index contributed by atoms with van der Waals surface area (Å²) in [6.45, 7) is 1.65. The summed E-state index contributed by atoms with van der Waals surface area (Å²) in [7, 11) is 0. The fourth-order valence-corrected chi connectivity index (χ4v) is 2.00. The monoisotopic (exact) mass is 321 g/mol. The Kier molecular flexibility index (Phi) is 7.55. The summed E-state index contributed by atoms with van der Waals surface area (Å²) in [4.78, 5) is 30.1. The summed E-state index contributed by atoms with van der Waals surface area (Å²) < 4.78 is 4.61. The number of carbonyl (C=O) groups is 2. The van der Waals surface area contributed by atoms with E-state index >= 15 is 0 Å². The minimum absolute atomic E-state index is 0.0728. The third kappa shape index (κ3) is 5.49. The number of hydrogen-bond donors (Lipinski definition) is 2. The highest BCUT2D eigenvalue weighted by Gasteiger charge is 2.30. The Labute approximate surface area is 131 Å². The second kappa shape index (κ2) is 9.46. The van der Waals surface area contributed by atoms with Crippen molar-refractivity contribution in [3.8, 4) is 0 Å². The number of rotatable bonds is 6. The van der Waals surface area contributed by atoms with Crippen LogP contribution in [0, 0.1) is 0 Å². The maximum absolute atomic E-state index is 11.8. The molecule has 1 aromatic carbocycles. The van der Waals surface area contributed by atoms with E-state index in [1.54, 1.807) is 31.2 Å². The highest BCUT2D eigenvalue weighted by molar-refractivity contribution is 8.14. The number of ketones is 1. The van der Waals surface area contributed by atoms with Gasteiger partial charge in [-0.25, -0.2) is 15.6 Å². The van der Waals surface area contributed by atoms with E-state index in [2.05, 4.69) is 19.9 Å². The molecule has 0 aliphatic heterocycles. The molecule has 0 aliphatic carbocycles. The highest BCUT2D eigenvalue weighted by atomic mass is 32.2. The van der Waals surface area contributed by atoms with Gasteiger partial charge in [0.25, 0.3) is 5.78 Å². The molecule has 0 aliphatic rings. The lowest BCUT2D eigenvalue weighted by atomic mass is 10.3. The first kappa shape index (κ1) is 17.6. The van der Waals surface area contributed by atoms with Crippen LogP contribution < -0.4 is 11.3 Å². The summed E-state index contributed by atoms with van der Waals surface area (Å²) in [5, 5.41) is 0.278. The van der Waals surface area contributed by atoms with Gasteiger partial charge in [0, 0.05) is 0 Å². The molecule has 0 aromatic heterocycles. The number of amidine groups is 1. The molecular weight excluding hydrogens is 306 g/mol. The Hall–Kier alpha value is -2.48. The Morgan fingerprint density at radius 2 is 2.09 bits per heavy atom. The van der Waals surface area contributed by atoms with Crippen LogP contribution in [0.15, 0.2) is 35.3 Å². The number of hydrogen-bond acceptors (Lipinski definition) is 6. The SMILES string of the molecule is CCOC(=O)C(=[N+]=[N-])C(=O)CSC(=Nc1ccccc1)NN. The molecule has 3 N–H and O–H groups in total. The van der Waals surface area contributed by atoms with Crippen LogP contribution in [0.1, 0.15) is 6.92 Å². The maximum Gasteiger partial charge on any atom is 0.442 e. The van der Waals surface area contributed by atoms with Gasteiger partial charge >= 0.3 is 11.7 Å². The summed E-state index contributed by atoms with van der Waals surface area (Å²) in [5.74, 6) is 3.49. The maximum atomic E-state index is 11.8. The first-order chi connectivity index (χ1) is 10.6. The van der Waals surface area contributed by atoms with Crippen molar-refractivity contribution in [1.82, 2.24) is 5.43 Å². The zero-order valence-electron chi connectivity index (χ0n) is 11.9. The Balaban J connectivity index is 2.70. The molecule has 0 atom stereocenters. The third-order valence-electron chi connectivity index (χ3n) is 2.28. The Bertz CT molecular complexity index is 611. The van der Waals surface area contributed by atoms with Gasteiger partial charge in [-0.2, -0.15) is 4.79 Å². The lowest BCUT2D eigenvalue weighted by molar-refractivity contribution is -0.141. The number of para-hydroxylation sites is 1. The average Bonchev–Trinajstić information content (AvgIpc) is 2.53. The predicted octanol–water partition coefficient (Wildman–Crippen LogP) is 0.674. The summed E-state index contributed by atoms with van der Waals surface area (Å²) in [6, 6.07) is 8.98. The first-order valence-electron chi connectivity index (χ1n) is 6.27. The zero-order valence-corrected chi connectivity index (χ0v) is 12.7. The van der Waals surface area contributed by atoms with E-state index < -0.39 is 17.5 Å². The molecule has 0 unspecified atom stereocenters. The number of aliphatic imine (C=N–C) groups is 1. The number of thioether (sulfide) groups is 1. The van der Waals surface area contributed by atoms with Crippen LogP contribution in [0.2, 0.25) is 0 Å². The van der Waals surface area contributed by atoms with Crippen molar-refractivity contribution in [2.75, 3.05) is 12.4 Å². The van der Waals surface area contributed by atoms with Gasteiger partial charge in [0.1, 0.15) is 0 Å². The number of carbonyl (C=O) groups excluding carboxylic acids is 2. The summed E-state index contributed by atoms with van der Waals surface area (Å²) >= 11 is 0.968. The van der Waals surface area contributed by atoms with Gasteiger partial charge in [0.15, 0.2) is 5.17 Å². The number of esters is 1. The van der Waals surface area contributed by atoms with Crippen LogP contribution in [-0.4, -0.2) is 39.8 Å². The number of ether oxygens (including phenoxy) is 1. The average molecular weight is 321 g/mol. The van der Waals surface area contributed by atoms with Gasteiger partial charge in [-0.15, -0.1) is 0 Å². The number of nitrogens with zero attached hydrogens (tertiary/aromatic N) is 3. The number of benzene rings is 1. The molecule has 0 fully saturated rings. The van der Waals surface area contributed by atoms with Crippen molar-refractivity contribution in [3.63, 3.8) is 0 Å². The quantitative estimate of drug-likeness (QED) is 0.116. The fourth-order valence-electron chi connectivity index (χ4n) is 1.34. The van der Waals surface area contributed by atoms with E-state index in [1.165, 1.54) is 0 Å². The van der Waals surface area contributed by atoms with E-state index in [9.17, 15) is 9.59 Å². The minimum atomic E-state index is -0.974. The van der Waals surface area contributed by atoms with Crippen LogP contribution in [0.5, 0.6) is 0 Å². The molecule has 9 heteroatoms. The van der Waals surface area contributed by atoms with Crippen LogP contribution in [0.25, 0.3) is 5.53 Å². The number of hydrazine groups is 1. The van der Waals surface area contributed by atoms with Gasteiger partial charge in [0.2, 0.25) is 0 Å². The number of Topliss-reactive ketones (excluding diaryl/α,β-unsaturated/α-hetero) is 1. The van der Waals surface area contributed by atoms with E-state index in [1.807, 2.05) is 6.07 Å². The van der Waals surface area contributed by atoms with E-state index in [4.69, 9.17) is 11.4 Å². The van der Waals surface area contributed by atoms with Crippen molar-refractivity contribution in [1.29, 1.82) is 0 Å². The standard InChI is InChI=1S/C13H15N5O3S/c1-2-21-12(20)11(17-14)10(19)8-22-13(18-15)16-9-6-4-3-5-7-9/h3-7H,2,8,15H2,1H3,(H,16,18). The molecule has 0 saturated heterocycles. The van der Waals surface area contributed by atoms with Crippen molar-refractivity contribution in [2.24, 2.45) is 10.8 Å². The van der Waals surface area contributed by atoms with Crippen molar-refractivity contribution in [3.05, 3.63) is 35.9 Å². The molecule has 0 radical (unpaired) electrons. The topological polar surface area (TPSA) is 130 Å². The predicted molar refractivity (Wildman–Crippen MR) is 83.6 cm³/mol. The van der Waals surface area contributed by atoms with Crippen LogP contribution in [0.3, 0.4) is 0 Å². The molecule has 1 rings (SSSR count). The Morgan fingerprint density at radius 3 is 2.64 bits per heavy atom. The van der Waals surface area contributed by atoms with Gasteiger partial charge in [-0.1, -0.05) is 30.0 Å². The smallest absolute Gasteiger partial charge is 0.442 e. The van der Waals surface area contributed by atoms with Crippen molar-refractivity contribution >= 4 is 40.1 Å². The fraction of sp³-hybridized carbons (Fsp3) is 0.231. The lowest BCUT2D eigenvalue weighted by Crippen LogP contribution is -2.32. The van der Waals surface area contributed by atoms with E-state index in [-0.39, 0.29) is 17.5 Å². The highest BCUT2D eigenvalue weighted by Crippen LogP contribution is 2.13. The number of nitrogens with one attached hydrogen (secondary N) is 1. The summed E-state index contributed by atoms with van der Waals surface area (Å²) in [5.41, 5.74) is 11.1. The van der Waals surface area contributed by atoms with E-state index in [0.29, 0.717) is 5.69 Å². The second-order valence-corrected chi connectivity index (χ2v) is 4.74. The van der Waals surface area contributed by atoms with Crippen molar-refractivity contribution in [2.45, 2.75) is 6.92 Å². The number of nitrogens with two attached hydrogens (primary N) is 1. The third-order valence-corrected chi connectivity index (χ3v) is 3.17. The molecule has 0 amide bonds.